The molecule has 2 heterocycles. The fourth-order valence-corrected chi connectivity index (χ4v) is 5.32. The molecule has 202 valence electrons. The zero-order valence-corrected chi connectivity index (χ0v) is 22.6. The van der Waals surface area contributed by atoms with E-state index in [1.807, 2.05) is 84.9 Å². The van der Waals surface area contributed by atoms with E-state index in [9.17, 15) is 0 Å². The lowest BCUT2D eigenvalue weighted by molar-refractivity contribution is 0.954. The van der Waals surface area contributed by atoms with Crippen molar-refractivity contribution < 1.29 is 12.3 Å². The topological polar surface area (TPSA) is 43.6 Å². The SMILES string of the molecule is [2H]c1c([2H])c([2H])c(-c2ccc3c4c([2H])c([2H])c([2H])c([2H])c4n(-c4nc(-c5ccccc5)nc(-c5ccccc5-c5ccccc5)n4)c3c2)c([2H])c1[2H]. The van der Waals surface area contributed by atoms with Gasteiger partial charge in [-0.3, -0.25) is 4.57 Å². The number of aromatic nitrogens is 4. The minimum Gasteiger partial charge on any atom is -0.278 e. The fourth-order valence-electron chi connectivity index (χ4n) is 5.32. The van der Waals surface area contributed by atoms with Gasteiger partial charge in [-0.1, -0.05) is 145 Å². The van der Waals surface area contributed by atoms with Gasteiger partial charge < -0.3 is 0 Å². The monoisotopic (exact) mass is 559 g/mol. The molecule has 4 nitrogen and oxygen atoms in total. The van der Waals surface area contributed by atoms with Crippen LogP contribution in [-0.2, 0) is 0 Å². The van der Waals surface area contributed by atoms with Gasteiger partial charge in [0.25, 0.3) is 0 Å². The zero-order valence-electron chi connectivity index (χ0n) is 31.6. The highest BCUT2D eigenvalue weighted by Gasteiger charge is 2.19. The minimum absolute atomic E-state index is 0.0256. The van der Waals surface area contributed by atoms with Crippen LogP contribution in [0.1, 0.15) is 12.3 Å². The average Bonchev–Trinajstić information content (AvgIpc) is 3.53. The number of rotatable bonds is 5. The van der Waals surface area contributed by atoms with Crippen molar-refractivity contribution >= 4 is 21.8 Å². The zero-order chi connectivity index (χ0) is 36.4. The number of hydrogen-bond acceptors (Lipinski definition) is 3. The second kappa shape index (κ2) is 10.5. The third-order valence-corrected chi connectivity index (χ3v) is 7.30. The summed E-state index contributed by atoms with van der Waals surface area (Å²) in [4.78, 5) is 14.8. The van der Waals surface area contributed by atoms with E-state index in [1.54, 1.807) is 22.8 Å². The Kier molecular flexibility index (Phi) is 4.20. The molecule has 8 aromatic rings. The summed E-state index contributed by atoms with van der Waals surface area (Å²) in [5.74, 6) is 0.706. The van der Waals surface area contributed by atoms with Crippen LogP contribution in [0.5, 0.6) is 0 Å². The lowest BCUT2D eigenvalue weighted by Gasteiger charge is -2.13. The molecule has 0 aliphatic rings. The van der Waals surface area contributed by atoms with Gasteiger partial charge in [-0.2, -0.15) is 9.97 Å². The molecule has 0 bridgehead atoms. The van der Waals surface area contributed by atoms with E-state index in [2.05, 4.69) is 0 Å². The highest BCUT2D eigenvalue weighted by Crippen LogP contribution is 2.36. The number of hydrogen-bond donors (Lipinski definition) is 0. The predicted molar refractivity (Wildman–Crippen MR) is 176 cm³/mol. The van der Waals surface area contributed by atoms with Gasteiger partial charge in [-0.15, -0.1) is 0 Å². The van der Waals surface area contributed by atoms with Crippen molar-refractivity contribution in [3.05, 3.63) is 158 Å². The van der Waals surface area contributed by atoms with Crippen molar-refractivity contribution in [3.8, 4) is 51.0 Å². The normalized spacial score (nSPS) is 14.2. The highest BCUT2D eigenvalue weighted by atomic mass is 15.2. The number of benzene rings is 6. The van der Waals surface area contributed by atoms with Crippen molar-refractivity contribution in [3.63, 3.8) is 0 Å². The van der Waals surface area contributed by atoms with Crippen molar-refractivity contribution in [2.24, 2.45) is 0 Å². The lowest BCUT2D eigenvalue weighted by Crippen LogP contribution is -2.06. The molecule has 0 aliphatic carbocycles. The van der Waals surface area contributed by atoms with E-state index in [4.69, 9.17) is 27.3 Å². The molecule has 0 saturated carbocycles. The standard InChI is InChI=1S/C39H26N4/c1-4-14-27(15-5-1)30-24-25-33-32-21-12-13-23-35(32)43(36(33)26-30)39-41-37(29-18-8-3-9-19-29)40-38(42-39)34-22-11-10-20-31(34)28-16-6-2-7-17-28/h1-26H/i1D,4D,5D,12D,13D,14D,15D,21D,23D. The van der Waals surface area contributed by atoms with Gasteiger partial charge in [0.2, 0.25) is 5.95 Å². The number of fused-ring (bicyclic) bond motifs is 3. The van der Waals surface area contributed by atoms with E-state index in [0.29, 0.717) is 33.7 Å². The Morgan fingerprint density at radius 2 is 1.09 bits per heavy atom. The molecule has 43 heavy (non-hydrogen) atoms. The maximum Gasteiger partial charge on any atom is 0.238 e. The maximum atomic E-state index is 9.08. The average molecular weight is 560 g/mol. The fraction of sp³-hybridized carbons (Fsp3) is 0. The van der Waals surface area contributed by atoms with E-state index < -0.39 is 30.2 Å². The Morgan fingerprint density at radius 1 is 0.442 bits per heavy atom. The first kappa shape index (κ1) is 17.2. The molecule has 2 aromatic heterocycles. The van der Waals surface area contributed by atoms with Crippen LogP contribution >= 0.6 is 0 Å². The third kappa shape index (κ3) is 4.46. The molecule has 0 amide bonds. The summed E-state index contributed by atoms with van der Waals surface area (Å²) in [5.41, 5.74) is 3.93. The van der Waals surface area contributed by atoms with Gasteiger partial charge in [0, 0.05) is 21.9 Å². The van der Waals surface area contributed by atoms with Crippen LogP contribution in [0.3, 0.4) is 0 Å². The van der Waals surface area contributed by atoms with E-state index >= 15 is 0 Å². The summed E-state index contributed by atoms with van der Waals surface area (Å²) >= 11 is 0. The molecule has 0 spiro atoms. The summed E-state index contributed by atoms with van der Waals surface area (Å²) in [7, 11) is 0. The van der Waals surface area contributed by atoms with E-state index in [-0.39, 0.29) is 52.1 Å². The summed E-state index contributed by atoms with van der Waals surface area (Å²) in [5, 5.41) is 0.660. The predicted octanol–water partition coefficient (Wildman–Crippen LogP) is 9.64. The molecule has 6 aromatic carbocycles. The second-order valence-electron chi connectivity index (χ2n) is 9.85. The van der Waals surface area contributed by atoms with Crippen molar-refractivity contribution in [2.45, 2.75) is 0 Å². The minimum atomic E-state index is -0.514. The Hall–Kier alpha value is -5.87. The van der Waals surface area contributed by atoms with Crippen LogP contribution in [0.4, 0.5) is 0 Å². The smallest absolute Gasteiger partial charge is 0.238 e. The van der Waals surface area contributed by atoms with Crippen molar-refractivity contribution in [2.75, 3.05) is 0 Å². The highest BCUT2D eigenvalue weighted by molar-refractivity contribution is 6.10. The molecule has 0 aliphatic heterocycles. The first-order valence-electron chi connectivity index (χ1n) is 18.1. The van der Waals surface area contributed by atoms with Gasteiger partial charge in [0.15, 0.2) is 11.6 Å². The summed E-state index contributed by atoms with van der Waals surface area (Å²) < 4.78 is 78.6. The van der Waals surface area contributed by atoms with Gasteiger partial charge in [-0.25, -0.2) is 4.98 Å². The van der Waals surface area contributed by atoms with Gasteiger partial charge in [-0.05, 0) is 34.4 Å². The first-order valence-corrected chi connectivity index (χ1v) is 13.6. The molecule has 0 N–H and O–H groups in total. The molecule has 0 atom stereocenters. The molecule has 0 fully saturated rings. The van der Waals surface area contributed by atoms with Crippen molar-refractivity contribution in [1.82, 2.24) is 19.5 Å². The van der Waals surface area contributed by atoms with E-state index in [0.717, 1.165) is 11.1 Å². The number of nitrogens with zero attached hydrogens (tertiary/aromatic N) is 4. The third-order valence-electron chi connectivity index (χ3n) is 7.30. The quantitative estimate of drug-likeness (QED) is 0.211. The van der Waals surface area contributed by atoms with E-state index in [1.165, 1.54) is 0 Å². The van der Waals surface area contributed by atoms with Crippen LogP contribution in [0, 0.1) is 0 Å². The second-order valence-corrected chi connectivity index (χ2v) is 9.85. The first-order chi connectivity index (χ1) is 25.1. The Labute approximate surface area is 262 Å². The van der Waals surface area contributed by atoms with Crippen LogP contribution in [0.25, 0.3) is 72.8 Å². The van der Waals surface area contributed by atoms with Crippen LogP contribution in [0.2, 0.25) is 0 Å². The molecule has 0 saturated heterocycles. The van der Waals surface area contributed by atoms with Gasteiger partial charge in [0.1, 0.15) is 0 Å². The molecule has 4 heteroatoms. The summed E-state index contributed by atoms with van der Waals surface area (Å²) in [6.45, 7) is 0. The molecular weight excluding hydrogens is 524 g/mol. The van der Waals surface area contributed by atoms with Gasteiger partial charge >= 0.3 is 0 Å². The van der Waals surface area contributed by atoms with Crippen molar-refractivity contribution in [1.29, 1.82) is 0 Å². The summed E-state index contributed by atoms with van der Waals surface area (Å²) in [6, 6.07) is 28.0. The molecule has 0 radical (unpaired) electrons. The van der Waals surface area contributed by atoms with Crippen LogP contribution in [0.15, 0.2) is 158 Å². The van der Waals surface area contributed by atoms with Crippen LogP contribution < -0.4 is 0 Å². The maximum absolute atomic E-state index is 9.08. The lowest BCUT2D eigenvalue weighted by atomic mass is 9.99. The molecule has 8 rings (SSSR count). The largest absolute Gasteiger partial charge is 0.278 e. The Morgan fingerprint density at radius 3 is 1.88 bits per heavy atom. The summed E-state index contributed by atoms with van der Waals surface area (Å²) in [6.07, 6.45) is 0. The van der Waals surface area contributed by atoms with Crippen LogP contribution in [-0.4, -0.2) is 19.5 Å². The molecular formula is C39H26N4. The Bertz CT molecular complexity index is 2700. The molecule has 0 unspecified atom stereocenters. The number of para-hydroxylation sites is 1. The Balaban J connectivity index is 1.51. The van der Waals surface area contributed by atoms with Gasteiger partial charge in [0.05, 0.1) is 23.4 Å².